The monoisotopic (exact) mass is 253 g/mol. The number of rotatable bonds is 3. The standard InChI is InChI=1S/C13H23N3S/c1-9(2)7-16-6-4-5-11(14)13(16)12-8-17-10(3)15-12/h8-9,11,13H,4-7,14H2,1-3H3. The lowest BCUT2D eigenvalue weighted by Gasteiger charge is -2.39. The van der Waals surface area contributed by atoms with Gasteiger partial charge in [0.25, 0.3) is 0 Å². The summed E-state index contributed by atoms with van der Waals surface area (Å²) in [6, 6.07) is 0.570. The fraction of sp³-hybridized carbons (Fsp3) is 0.769. The van der Waals surface area contributed by atoms with Gasteiger partial charge < -0.3 is 5.73 Å². The molecule has 1 aromatic rings. The van der Waals surface area contributed by atoms with Crippen LogP contribution in [0.5, 0.6) is 0 Å². The Balaban J connectivity index is 2.18. The van der Waals surface area contributed by atoms with Gasteiger partial charge in [-0.05, 0) is 32.2 Å². The van der Waals surface area contributed by atoms with E-state index in [1.807, 2.05) is 0 Å². The van der Waals surface area contributed by atoms with Gasteiger partial charge in [0.2, 0.25) is 0 Å². The van der Waals surface area contributed by atoms with Crippen LogP contribution >= 0.6 is 11.3 Å². The first kappa shape index (κ1) is 13.0. The van der Waals surface area contributed by atoms with Gasteiger partial charge >= 0.3 is 0 Å². The number of thiazole rings is 1. The molecule has 2 unspecified atom stereocenters. The molecule has 1 aliphatic rings. The maximum Gasteiger partial charge on any atom is 0.0898 e. The molecule has 96 valence electrons. The van der Waals surface area contributed by atoms with Crippen LogP contribution in [0.25, 0.3) is 0 Å². The molecule has 1 saturated heterocycles. The number of piperidine rings is 1. The minimum absolute atomic E-state index is 0.240. The Morgan fingerprint density at radius 3 is 2.94 bits per heavy atom. The van der Waals surface area contributed by atoms with Crippen LogP contribution in [0.3, 0.4) is 0 Å². The molecular weight excluding hydrogens is 230 g/mol. The Bertz CT molecular complexity index is 361. The largest absolute Gasteiger partial charge is 0.326 e. The minimum Gasteiger partial charge on any atom is -0.326 e. The third-order valence-corrected chi connectivity index (χ3v) is 4.11. The van der Waals surface area contributed by atoms with Crippen molar-refractivity contribution in [2.75, 3.05) is 13.1 Å². The smallest absolute Gasteiger partial charge is 0.0898 e. The molecule has 0 aromatic carbocycles. The van der Waals surface area contributed by atoms with Crippen molar-refractivity contribution in [2.45, 2.75) is 45.7 Å². The normalized spacial score (nSPS) is 26.6. The number of aryl methyl sites for hydroxylation is 1. The zero-order valence-corrected chi connectivity index (χ0v) is 11.8. The lowest BCUT2D eigenvalue weighted by atomic mass is 9.94. The number of likely N-dealkylation sites (tertiary alicyclic amines) is 1. The summed E-state index contributed by atoms with van der Waals surface area (Å²) in [5, 5.41) is 3.32. The van der Waals surface area contributed by atoms with E-state index in [1.165, 1.54) is 12.1 Å². The third kappa shape index (κ3) is 3.06. The van der Waals surface area contributed by atoms with Crippen molar-refractivity contribution in [3.05, 3.63) is 16.1 Å². The Hall–Kier alpha value is -0.450. The number of hydrogen-bond acceptors (Lipinski definition) is 4. The fourth-order valence-electron chi connectivity index (χ4n) is 2.69. The Kier molecular flexibility index (Phi) is 4.17. The molecular formula is C13H23N3S. The van der Waals surface area contributed by atoms with Gasteiger partial charge in [-0.3, -0.25) is 4.90 Å². The van der Waals surface area contributed by atoms with E-state index in [2.05, 4.69) is 36.0 Å². The summed E-state index contributed by atoms with van der Waals surface area (Å²) < 4.78 is 0. The zero-order valence-electron chi connectivity index (χ0n) is 11.0. The van der Waals surface area contributed by atoms with E-state index in [-0.39, 0.29) is 6.04 Å². The predicted molar refractivity (Wildman–Crippen MR) is 73.2 cm³/mol. The van der Waals surface area contributed by atoms with E-state index in [9.17, 15) is 0 Å². The predicted octanol–water partition coefficient (Wildman–Crippen LogP) is 2.57. The molecule has 2 N–H and O–H groups in total. The van der Waals surface area contributed by atoms with Crippen molar-refractivity contribution in [2.24, 2.45) is 11.7 Å². The second-order valence-corrected chi connectivity index (χ2v) is 6.49. The number of hydrogen-bond donors (Lipinski definition) is 1. The Morgan fingerprint density at radius 2 is 2.35 bits per heavy atom. The van der Waals surface area contributed by atoms with Gasteiger partial charge in [-0.1, -0.05) is 13.8 Å². The van der Waals surface area contributed by atoms with Gasteiger partial charge in [-0.2, -0.15) is 0 Å². The van der Waals surface area contributed by atoms with Crippen LogP contribution in [0.4, 0.5) is 0 Å². The lowest BCUT2D eigenvalue weighted by Crippen LogP contribution is -2.47. The van der Waals surface area contributed by atoms with Crippen LogP contribution in [-0.4, -0.2) is 29.0 Å². The van der Waals surface area contributed by atoms with E-state index < -0.39 is 0 Å². The maximum atomic E-state index is 6.31. The third-order valence-electron chi connectivity index (χ3n) is 3.32. The number of aromatic nitrogens is 1. The van der Waals surface area contributed by atoms with Crippen molar-refractivity contribution in [1.29, 1.82) is 0 Å². The average molecular weight is 253 g/mol. The van der Waals surface area contributed by atoms with Gasteiger partial charge in [0, 0.05) is 18.0 Å². The molecule has 0 spiro atoms. The lowest BCUT2D eigenvalue weighted by molar-refractivity contribution is 0.111. The van der Waals surface area contributed by atoms with Crippen LogP contribution < -0.4 is 5.73 Å². The second-order valence-electron chi connectivity index (χ2n) is 5.43. The summed E-state index contributed by atoms with van der Waals surface area (Å²) >= 11 is 1.73. The summed E-state index contributed by atoms with van der Waals surface area (Å²) in [6.07, 6.45) is 2.34. The summed E-state index contributed by atoms with van der Waals surface area (Å²) in [7, 11) is 0. The highest BCUT2D eigenvalue weighted by atomic mass is 32.1. The summed E-state index contributed by atoms with van der Waals surface area (Å²) in [5.74, 6) is 0.683. The topological polar surface area (TPSA) is 42.1 Å². The van der Waals surface area contributed by atoms with Crippen LogP contribution in [0.1, 0.15) is 43.4 Å². The second kappa shape index (κ2) is 5.46. The molecule has 4 heteroatoms. The van der Waals surface area contributed by atoms with E-state index in [0.717, 1.165) is 24.5 Å². The summed E-state index contributed by atoms with van der Waals surface area (Å²) in [6.45, 7) is 8.88. The molecule has 2 heterocycles. The van der Waals surface area contributed by atoms with Crippen molar-refractivity contribution in [3.63, 3.8) is 0 Å². The first-order valence-corrected chi connectivity index (χ1v) is 7.37. The first-order chi connectivity index (χ1) is 8.08. The van der Waals surface area contributed by atoms with Crippen molar-refractivity contribution >= 4 is 11.3 Å². The highest BCUT2D eigenvalue weighted by molar-refractivity contribution is 7.09. The molecule has 17 heavy (non-hydrogen) atoms. The van der Waals surface area contributed by atoms with Gasteiger partial charge in [-0.15, -0.1) is 11.3 Å². The van der Waals surface area contributed by atoms with Crippen LogP contribution in [0.2, 0.25) is 0 Å². The zero-order chi connectivity index (χ0) is 12.4. The van der Waals surface area contributed by atoms with E-state index >= 15 is 0 Å². The van der Waals surface area contributed by atoms with Gasteiger partial charge in [-0.25, -0.2) is 4.98 Å². The molecule has 3 nitrogen and oxygen atoms in total. The SMILES string of the molecule is Cc1nc(C2C(N)CCCN2CC(C)C)cs1. The highest BCUT2D eigenvalue weighted by Crippen LogP contribution is 2.31. The quantitative estimate of drug-likeness (QED) is 0.900. The van der Waals surface area contributed by atoms with Crippen molar-refractivity contribution in [3.8, 4) is 0 Å². The fourth-order valence-corrected chi connectivity index (χ4v) is 3.34. The van der Waals surface area contributed by atoms with E-state index in [1.54, 1.807) is 11.3 Å². The van der Waals surface area contributed by atoms with E-state index in [0.29, 0.717) is 12.0 Å². The number of nitrogens with zero attached hydrogens (tertiary/aromatic N) is 2. The molecule has 0 radical (unpaired) electrons. The summed E-state index contributed by atoms with van der Waals surface area (Å²) in [5.41, 5.74) is 7.49. The van der Waals surface area contributed by atoms with Crippen LogP contribution in [0.15, 0.2) is 5.38 Å². The molecule has 0 bridgehead atoms. The molecule has 1 aliphatic heterocycles. The maximum absolute atomic E-state index is 6.31. The average Bonchev–Trinajstić information content (AvgIpc) is 2.64. The molecule has 2 rings (SSSR count). The van der Waals surface area contributed by atoms with Gasteiger partial charge in [0.05, 0.1) is 16.7 Å². The van der Waals surface area contributed by atoms with Crippen LogP contribution in [-0.2, 0) is 0 Å². The molecule has 0 aliphatic carbocycles. The van der Waals surface area contributed by atoms with Crippen LogP contribution in [0, 0.1) is 12.8 Å². The Labute approximate surface area is 108 Å². The Morgan fingerprint density at radius 1 is 1.59 bits per heavy atom. The van der Waals surface area contributed by atoms with Gasteiger partial charge in [0.15, 0.2) is 0 Å². The molecule has 0 amide bonds. The van der Waals surface area contributed by atoms with Crippen molar-refractivity contribution in [1.82, 2.24) is 9.88 Å². The summed E-state index contributed by atoms with van der Waals surface area (Å²) in [4.78, 5) is 7.16. The van der Waals surface area contributed by atoms with Crippen molar-refractivity contribution < 1.29 is 0 Å². The number of nitrogens with two attached hydrogens (primary N) is 1. The first-order valence-electron chi connectivity index (χ1n) is 6.49. The minimum atomic E-state index is 0.240. The molecule has 2 atom stereocenters. The van der Waals surface area contributed by atoms with E-state index in [4.69, 9.17) is 5.73 Å². The molecule has 1 fully saturated rings. The molecule has 1 aromatic heterocycles. The molecule has 0 saturated carbocycles. The highest BCUT2D eigenvalue weighted by Gasteiger charge is 2.31. The van der Waals surface area contributed by atoms with Gasteiger partial charge in [0.1, 0.15) is 0 Å².